The van der Waals surface area contributed by atoms with Crippen LogP contribution < -0.4 is 5.32 Å². The molecule has 3 heterocycles. The summed E-state index contributed by atoms with van der Waals surface area (Å²) in [6, 6.07) is 12.2. The number of rotatable bonds is 6. The molecule has 0 atom stereocenters. The van der Waals surface area contributed by atoms with Gasteiger partial charge in [-0.3, -0.25) is 4.90 Å². The van der Waals surface area contributed by atoms with E-state index in [9.17, 15) is 15.0 Å². The zero-order valence-corrected chi connectivity index (χ0v) is 17.3. The van der Waals surface area contributed by atoms with Gasteiger partial charge in [0.2, 0.25) is 0 Å². The summed E-state index contributed by atoms with van der Waals surface area (Å²) in [7, 11) is 0. The van der Waals surface area contributed by atoms with Crippen LogP contribution in [0.1, 0.15) is 21.5 Å². The number of piperazine rings is 1. The maximum Gasteiger partial charge on any atom is 0.335 e. The first-order chi connectivity index (χ1) is 15.6. The largest absolute Gasteiger partial charge is 0.494 e. The Labute approximate surface area is 184 Å². The number of carbonyl (C=O) groups is 1. The molecule has 2 aliphatic heterocycles. The zero-order valence-electron chi connectivity index (χ0n) is 17.3. The van der Waals surface area contributed by atoms with E-state index < -0.39 is 5.97 Å². The van der Waals surface area contributed by atoms with Gasteiger partial charge in [-0.05, 0) is 24.3 Å². The van der Waals surface area contributed by atoms with E-state index in [-0.39, 0.29) is 11.4 Å². The Morgan fingerprint density at radius 2 is 2.00 bits per heavy atom. The van der Waals surface area contributed by atoms with Crippen LogP contribution in [0, 0.1) is 0 Å². The minimum Gasteiger partial charge on any atom is -0.494 e. The van der Waals surface area contributed by atoms with Gasteiger partial charge in [-0.25, -0.2) is 9.79 Å². The molecule has 9 heteroatoms. The lowest BCUT2D eigenvalue weighted by molar-refractivity contribution is 0.0697. The Bertz CT molecular complexity index is 1240. The van der Waals surface area contributed by atoms with Gasteiger partial charge in [0.25, 0.3) is 0 Å². The molecule has 1 aromatic heterocycles. The number of nitrogens with one attached hydrogen (secondary N) is 2. The molecule has 0 amide bonds. The molecule has 9 nitrogen and oxygen atoms in total. The molecular weight excluding hydrogens is 410 g/mol. The lowest BCUT2D eigenvalue weighted by atomic mass is 9.99. The van der Waals surface area contributed by atoms with Gasteiger partial charge in [0.1, 0.15) is 18.0 Å². The van der Waals surface area contributed by atoms with Gasteiger partial charge in [-0.1, -0.05) is 23.4 Å². The molecule has 3 aromatic rings. The molecular formula is C23H23N5O4. The minimum absolute atomic E-state index is 0.0234. The summed E-state index contributed by atoms with van der Waals surface area (Å²) in [5.41, 5.74) is 3.41. The van der Waals surface area contributed by atoms with E-state index in [2.05, 4.69) is 25.3 Å². The zero-order chi connectivity index (χ0) is 22.1. The normalized spacial score (nSPS) is 17.5. The SMILES string of the molecule is O=C(O)c1ccc2c(c1)/C(=N\OCCN1CCNCC1)C(c1c(O)[nH]c3ccccc13)=N2. The summed E-state index contributed by atoms with van der Waals surface area (Å²) in [4.78, 5) is 27.1. The molecule has 1 fully saturated rings. The van der Waals surface area contributed by atoms with E-state index in [1.807, 2.05) is 24.3 Å². The monoisotopic (exact) mass is 433 g/mol. The summed E-state index contributed by atoms with van der Waals surface area (Å²) < 4.78 is 0. The number of hydrogen-bond acceptors (Lipinski definition) is 7. The number of hydrogen-bond donors (Lipinski definition) is 4. The van der Waals surface area contributed by atoms with Crippen molar-refractivity contribution in [3.8, 4) is 5.88 Å². The van der Waals surface area contributed by atoms with Gasteiger partial charge in [0.05, 0.1) is 16.8 Å². The molecule has 32 heavy (non-hydrogen) atoms. The summed E-state index contributed by atoms with van der Waals surface area (Å²) in [5, 5.41) is 28.5. The van der Waals surface area contributed by atoms with E-state index >= 15 is 0 Å². The van der Waals surface area contributed by atoms with Crippen LogP contribution in [0.5, 0.6) is 5.88 Å². The van der Waals surface area contributed by atoms with Crippen LogP contribution in [-0.4, -0.2) is 76.8 Å². The first-order valence-corrected chi connectivity index (χ1v) is 10.5. The Morgan fingerprint density at radius 1 is 1.19 bits per heavy atom. The number of carboxylic acids is 1. The smallest absolute Gasteiger partial charge is 0.335 e. The van der Waals surface area contributed by atoms with Crippen LogP contribution in [0.2, 0.25) is 0 Å². The number of para-hydroxylation sites is 1. The van der Waals surface area contributed by atoms with E-state index in [4.69, 9.17) is 4.84 Å². The molecule has 0 spiro atoms. The third kappa shape index (κ3) is 3.72. The number of nitrogens with zero attached hydrogens (tertiary/aromatic N) is 3. The second-order valence-corrected chi connectivity index (χ2v) is 7.76. The number of aromatic carboxylic acids is 1. The second-order valence-electron chi connectivity index (χ2n) is 7.76. The van der Waals surface area contributed by atoms with E-state index in [1.165, 1.54) is 6.07 Å². The Hall–Kier alpha value is -3.69. The lowest BCUT2D eigenvalue weighted by Crippen LogP contribution is -2.44. The molecule has 0 bridgehead atoms. The van der Waals surface area contributed by atoms with Crippen LogP contribution in [0.3, 0.4) is 0 Å². The highest BCUT2D eigenvalue weighted by molar-refractivity contribution is 6.58. The standard InChI is InChI=1S/C23H23N5O4/c29-22-19(15-3-1-2-4-17(15)26-22)21-20(27-32-12-11-28-9-7-24-8-10-28)16-13-14(23(30)31)5-6-18(16)25-21/h1-6,13,24,26,29H,7-12H2,(H,30,31)/b27-20+. The number of carboxylic acid groups (broad SMARTS) is 1. The van der Waals surface area contributed by atoms with Crippen molar-refractivity contribution in [1.29, 1.82) is 0 Å². The summed E-state index contributed by atoms with van der Waals surface area (Å²) >= 11 is 0. The van der Waals surface area contributed by atoms with Crippen molar-refractivity contribution in [1.82, 2.24) is 15.2 Å². The van der Waals surface area contributed by atoms with Crippen molar-refractivity contribution < 1.29 is 19.8 Å². The molecule has 5 rings (SSSR count). The van der Waals surface area contributed by atoms with Gasteiger partial charge in [-0.2, -0.15) is 0 Å². The van der Waals surface area contributed by atoms with E-state index in [1.54, 1.807) is 12.1 Å². The van der Waals surface area contributed by atoms with Crippen LogP contribution in [0.25, 0.3) is 10.9 Å². The number of benzene rings is 2. The number of aliphatic imine (C=N–C) groups is 1. The van der Waals surface area contributed by atoms with Gasteiger partial charge < -0.3 is 25.4 Å². The Morgan fingerprint density at radius 3 is 2.81 bits per heavy atom. The van der Waals surface area contributed by atoms with Crippen LogP contribution in [-0.2, 0) is 4.84 Å². The topological polar surface area (TPSA) is 123 Å². The molecule has 1 saturated heterocycles. The van der Waals surface area contributed by atoms with E-state index in [0.717, 1.165) is 43.6 Å². The predicted octanol–water partition coefficient (Wildman–Crippen LogP) is 2.33. The lowest BCUT2D eigenvalue weighted by Gasteiger charge is -2.26. The van der Waals surface area contributed by atoms with Crippen molar-refractivity contribution in [2.45, 2.75) is 0 Å². The molecule has 0 saturated carbocycles. The highest BCUT2D eigenvalue weighted by Gasteiger charge is 2.30. The molecule has 4 N–H and O–H groups in total. The third-order valence-corrected chi connectivity index (χ3v) is 5.74. The van der Waals surface area contributed by atoms with Crippen LogP contribution in [0.15, 0.2) is 52.6 Å². The van der Waals surface area contributed by atoms with Crippen molar-refractivity contribution in [2.24, 2.45) is 10.1 Å². The first kappa shape index (κ1) is 20.2. The molecule has 2 aliphatic rings. The first-order valence-electron chi connectivity index (χ1n) is 10.5. The van der Waals surface area contributed by atoms with Crippen molar-refractivity contribution in [3.63, 3.8) is 0 Å². The quantitative estimate of drug-likeness (QED) is 0.350. The molecule has 0 aliphatic carbocycles. The number of aromatic nitrogens is 1. The number of H-pyrrole nitrogens is 1. The molecule has 0 radical (unpaired) electrons. The summed E-state index contributed by atoms with van der Waals surface area (Å²) in [6.07, 6.45) is 0. The molecule has 0 unspecified atom stereocenters. The fourth-order valence-electron chi connectivity index (χ4n) is 4.11. The van der Waals surface area contributed by atoms with Crippen molar-refractivity contribution >= 4 is 34.0 Å². The van der Waals surface area contributed by atoms with Crippen molar-refractivity contribution in [3.05, 3.63) is 59.2 Å². The van der Waals surface area contributed by atoms with E-state index in [0.29, 0.717) is 34.8 Å². The second kappa shape index (κ2) is 8.45. The van der Waals surface area contributed by atoms with Crippen LogP contribution >= 0.6 is 0 Å². The highest BCUT2D eigenvalue weighted by Crippen LogP contribution is 2.36. The summed E-state index contributed by atoms with van der Waals surface area (Å²) in [5.74, 6) is -1.06. The molecule has 2 aromatic carbocycles. The average molecular weight is 433 g/mol. The van der Waals surface area contributed by atoms with Gasteiger partial charge >= 0.3 is 5.97 Å². The molecule has 164 valence electrons. The van der Waals surface area contributed by atoms with Gasteiger partial charge in [-0.15, -0.1) is 0 Å². The number of aromatic hydroxyl groups is 1. The third-order valence-electron chi connectivity index (χ3n) is 5.74. The van der Waals surface area contributed by atoms with Crippen LogP contribution in [0.4, 0.5) is 5.69 Å². The predicted molar refractivity (Wildman–Crippen MR) is 121 cm³/mol. The van der Waals surface area contributed by atoms with Crippen molar-refractivity contribution in [2.75, 3.05) is 39.3 Å². The highest BCUT2D eigenvalue weighted by atomic mass is 16.6. The number of aromatic amines is 1. The Kier molecular flexibility index (Phi) is 5.34. The fourth-order valence-corrected chi connectivity index (χ4v) is 4.11. The number of fused-ring (bicyclic) bond motifs is 2. The van der Waals surface area contributed by atoms with Gasteiger partial charge in [0.15, 0.2) is 5.88 Å². The maximum absolute atomic E-state index is 11.5. The van der Waals surface area contributed by atoms with Gasteiger partial charge in [0, 0.05) is 49.2 Å². The fraction of sp³-hybridized carbons (Fsp3) is 0.261. The Balaban J connectivity index is 1.49. The maximum atomic E-state index is 11.5. The summed E-state index contributed by atoms with van der Waals surface area (Å²) in [6.45, 7) is 4.96. The number of oxime groups is 1. The average Bonchev–Trinajstić information content (AvgIpc) is 3.33. The minimum atomic E-state index is -1.03.